The van der Waals surface area contributed by atoms with Crippen LogP contribution in [0.3, 0.4) is 0 Å². The van der Waals surface area contributed by atoms with E-state index in [2.05, 4.69) is 43.5 Å². The smallest absolute Gasteiger partial charge is 0.249 e. The summed E-state index contributed by atoms with van der Waals surface area (Å²) in [6.45, 7) is 3.41. The van der Waals surface area contributed by atoms with Gasteiger partial charge in [-0.1, -0.05) is 186 Å². The monoisotopic (exact) mass is 856 g/mol. The van der Waals surface area contributed by atoms with Crippen LogP contribution >= 0.6 is 0 Å². The number of aliphatic hydroxyl groups excluding tert-OH is 7. The number of aliphatic hydroxyl groups is 7. The highest BCUT2D eigenvalue weighted by Gasteiger charge is 2.44. The topological polar surface area (TPSA) is 189 Å². The molecule has 1 saturated heterocycles. The fourth-order valence-electron chi connectivity index (χ4n) is 7.87. The third-order valence-electron chi connectivity index (χ3n) is 12.0. The van der Waals surface area contributed by atoms with Crippen LogP contribution in [0.15, 0.2) is 24.3 Å². The van der Waals surface area contributed by atoms with E-state index in [-0.39, 0.29) is 12.8 Å². The highest BCUT2D eigenvalue weighted by atomic mass is 16.7. The second-order valence-corrected chi connectivity index (χ2v) is 17.5. The van der Waals surface area contributed by atoms with E-state index in [0.29, 0.717) is 19.3 Å². The van der Waals surface area contributed by atoms with Gasteiger partial charge >= 0.3 is 0 Å². The molecule has 0 radical (unpaired) electrons. The number of hydrogen-bond acceptors (Lipinski definition) is 10. The molecule has 1 aliphatic rings. The Morgan fingerprint density at radius 2 is 1.00 bits per heavy atom. The summed E-state index contributed by atoms with van der Waals surface area (Å²) in [5.74, 6) is -0.709. The first-order valence-electron chi connectivity index (χ1n) is 24.7. The molecule has 9 unspecified atom stereocenters. The second-order valence-electron chi connectivity index (χ2n) is 17.5. The molecule has 0 saturated carbocycles. The summed E-state index contributed by atoms with van der Waals surface area (Å²) in [5.41, 5.74) is 0. The van der Waals surface area contributed by atoms with Crippen LogP contribution in [-0.2, 0) is 14.3 Å². The SMILES string of the molecule is CCCCCCC/C=C/CC/C=C/CCCC(O)C(O)C(COC1OC(CO)C(O)C(O)C1O)NC(=O)C(O)CCCCCCCCCCCCCCCCCCCCC. The van der Waals surface area contributed by atoms with Crippen LogP contribution in [0.2, 0.25) is 0 Å². The molecule has 60 heavy (non-hydrogen) atoms. The number of carbonyl (C=O) groups is 1. The highest BCUT2D eigenvalue weighted by Crippen LogP contribution is 2.23. The van der Waals surface area contributed by atoms with E-state index >= 15 is 0 Å². The quantitative estimate of drug-likeness (QED) is 0.0218. The van der Waals surface area contributed by atoms with Crippen molar-refractivity contribution in [2.24, 2.45) is 0 Å². The van der Waals surface area contributed by atoms with E-state index < -0.39 is 74.2 Å². The van der Waals surface area contributed by atoms with Crippen LogP contribution in [0.25, 0.3) is 0 Å². The summed E-state index contributed by atoms with van der Waals surface area (Å²) in [4.78, 5) is 13.1. The third kappa shape index (κ3) is 28.3. The Bertz CT molecular complexity index is 1030. The van der Waals surface area contributed by atoms with E-state index in [1.165, 1.54) is 128 Å². The van der Waals surface area contributed by atoms with Crippen molar-refractivity contribution in [1.29, 1.82) is 0 Å². The van der Waals surface area contributed by atoms with Crippen molar-refractivity contribution in [1.82, 2.24) is 5.32 Å². The molecule has 0 aromatic carbocycles. The van der Waals surface area contributed by atoms with Crippen LogP contribution in [0.1, 0.15) is 213 Å². The van der Waals surface area contributed by atoms with Crippen molar-refractivity contribution < 1.29 is 50.0 Å². The van der Waals surface area contributed by atoms with E-state index in [9.17, 15) is 40.5 Å². The van der Waals surface area contributed by atoms with Crippen molar-refractivity contribution in [2.45, 2.75) is 268 Å². The first kappa shape index (κ1) is 56.6. The lowest BCUT2D eigenvalue weighted by Gasteiger charge is -2.40. The molecule has 0 spiro atoms. The van der Waals surface area contributed by atoms with Crippen molar-refractivity contribution in [3.8, 4) is 0 Å². The maximum atomic E-state index is 13.1. The van der Waals surface area contributed by atoms with Gasteiger partial charge < -0.3 is 50.5 Å². The van der Waals surface area contributed by atoms with Gasteiger partial charge in [-0.05, 0) is 51.4 Å². The lowest BCUT2D eigenvalue weighted by Crippen LogP contribution is -2.60. The molecular weight excluding hydrogens is 763 g/mol. The third-order valence-corrected chi connectivity index (χ3v) is 12.0. The maximum absolute atomic E-state index is 13.1. The van der Waals surface area contributed by atoms with Gasteiger partial charge in [-0.25, -0.2) is 0 Å². The van der Waals surface area contributed by atoms with Crippen LogP contribution in [0, 0.1) is 0 Å². The number of carbonyl (C=O) groups excluding carboxylic acids is 1. The van der Waals surface area contributed by atoms with E-state index in [1.54, 1.807) is 0 Å². The zero-order valence-electron chi connectivity index (χ0n) is 38.2. The number of allylic oxidation sites excluding steroid dienone is 4. The molecule has 11 heteroatoms. The number of ether oxygens (including phenoxy) is 2. The summed E-state index contributed by atoms with van der Waals surface area (Å²) in [6, 6.07) is -1.19. The van der Waals surface area contributed by atoms with Gasteiger partial charge in [0.05, 0.1) is 25.4 Å². The number of nitrogens with one attached hydrogen (secondary N) is 1. The summed E-state index contributed by atoms with van der Waals surface area (Å²) < 4.78 is 11.1. The zero-order chi connectivity index (χ0) is 44.1. The molecule has 0 aromatic rings. The Morgan fingerprint density at radius 3 is 1.48 bits per heavy atom. The van der Waals surface area contributed by atoms with E-state index in [1.807, 2.05) is 0 Å². The van der Waals surface area contributed by atoms with E-state index in [4.69, 9.17) is 9.47 Å². The van der Waals surface area contributed by atoms with Gasteiger partial charge in [-0.15, -0.1) is 0 Å². The minimum Gasteiger partial charge on any atom is -0.394 e. The first-order chi connectivity index (χ1) is 29.2. The Hall–Kier alpha value is -1.41. The number of unbranched alkanes of at least 4 members (excludes halogenated alkanes) is 25. The molecule has 354 valence electrons. The van der Waals surface area contributed by atoms with Crippen molar-refractivity contribution in [2.75, 3.05) is 13.2 Å². The summed E-state index contributed by atoms with van der Waals surface area (Å²) in [5, 5.41) is 75.7. The number of rotatable bonds is 41. The largest absolute Gasteiger partial charge is 0.394 e. The first-order valence-corrected chi connectivity index (χ1v) is 24.7. The molecule has 1 fully saturated rings. The van der Waals surface area contributed by atoms with Gasteiger partial charge in [0.15, 0.2) is 6.29 Å². The Balaban J connectivity index is 2.42. The lowest BCUT2D eigenvalue weighted by atomic mass is 9.98. The summed E-state index contributed by atoms with van der Waals surface area (Å²) >= 11 is 0. The number of hydrogen-bond donors (Lipinski definition) is 8. The molecule has 1 heterocycles. The van der Waals surface area contributed by atoms with Crippen molar-refractivity contribution in [3.05, 3.63) is 24.3 Å². The van der Waals surface area contributed by atoms with E-state index in [0.717, 1.165) is 38.5 Å². The van der Waals surface area contributed by atoms with Gasteiger partial charge in [0, 0.05) is 0 Å². The normalized spacial score (nSPS) is 21.8. The molecule has 1 aliphatic heterocycles. The molecule has 1 rings (SSSR count). The van der Waals surface area contributed by atoms with Crippen molar-refractivity contribution in [3.63, 3.8) is 0 Å². The van der Waals surface area contributed by atoms with Crippen LogP contribution < -0.4 is 5.32 Å². The Labute approximate surface area is 365 Å². The van der Waals surface area contributed by atoms with Crippen LogP contribution in [0.4, 0.5) is 0 Å². The number of amides is 1. The van der Waals surface area contributed by atoms with Gasteiger partial charge in [0.2, 0.25) is 5.91 Å². The highest BCUT2D eigenvalue weighted by molar-refractivity contribution is 5.80. The fraction of sp³-hybridized carbons (Fsp3) is 0.898. The molecular formula is C49H93NO10. The molecule has 11 nitrogen and oxygen atoms in total. The van der Waals surface area contributed by atoms with Gasteiger partial charge in [0.1, 0.15) is 36.6 Å². The zero-order valence-corrected chi connectivity index (χ0v) is 38.2. The lowest BCUT2D eigenvalue weighted by molar-refractivity contribution is -0.303. The average Bonchev–Trinajstić information content (AvgIpc) is 3.25. The molecule has 1 amide bonds. The standard InChI is InChI=1S/C49H93NO10/c1-3-5-7-9-11-13-15-17-19-20-21-22-23-25-27-29-31-33-35-37-42(53)48(58)50-40(39-59-49-47(57)46(56)45(55)43(38-51)60-49)44(54)41(52)36-34-32-30-28-26-24-18-16-14-12-10-8-6-4-2/h16,18,28,30,40-47,49,51-57H,3-15,17,19-27,29,31-39H2,1-2H3,(H,50,58)/b18-16+,30-28+. The summed E-state index contributed by atoms with van der Waals surface area (Å²) in [6.07, 6.45) is 32.3. The minimum atomic E-state index is -1.67. The van der Waals surface area contributed by atoms with Gasteiger partial charge in [0.25, 0.3) is 0 Å². The predicted molar refractivity (Wildman–Crippen MR) is 242 cm³/mol. The molecule has 8 N–H and O–H groups in total. The molecule has 0 aromatic heterocycles. The molecule has 0 bridgehead atoms. The van der Waals surface area contributed by atoms with Crippen LogP contribution in [-0.4, -0.2) is 110 Å². The molecule has 0 aliphatic carbocycles. The fourth-order valence-corrected chi connectivity index (χ4v) is 7.87. The Kier molecular flexibility index (Phi) is 37.0. The molecule has 9 atom stereocenters. The Morgan fingerprint density at radius 1 is 0.567 bits per heavy atom. The van der Waals surface area contributed by atoms with Gasteiger partial charge in [-0.2, -0.15) is 0 Å². The van der Waals surface area contributed by atoms with Crippen molar-refractivity contribution >= 4 is 5.91 Å². The average molecular weight is 856 g/mol. The second kappa shape index (κ2) is 39.2. The van der Waals surface area contributed by atoms with Crippen LogP contribution in [0.5, 0.6) is 0 Å². The maximum Gasteiger partial charge on any atom is 0.249 e. The summed E-state index contributed by atoms with van der Waals surface area (Å²) in [7, 11) is 0. The van der Waals surface area contributed by atoms with Gasteiger partial charge in [-0.3, -0.25) is 4.79 Å². The predicted octanol–water partition coefficient (Wildman–Crippen LogP) is 8.62. The minimum absolute atomic E-state index is 0.248.